The second kappa shape index (κ2) is 8.35. The van der Waals surface area contributed by atoms with Crippen molar-refractivity contribution in [3.8, 4) is 0 Å². The summed E-state index contributed by atoms with van der Waals surface area (Å²) in [5.74, 6) is 0. The van der Waals surface area contributed by atoms with Crippen LogP contribution in [0.25, 0.3) is 0 Å². The van der Waals surface area contributed by atoms with E-state index in [0.717, 1.165) is 12.0 Å². The van der Waals surface area contributed by atoms with Crippen molar-refractivity contribution in [2.45, 2.75) is 54.6 Å². The molecular formula is C17H29NO3S3Si. The molecule has 1 saturated heterocycles. The minimum absolute atomic E-state index is 0.0307. The highest BCUT2D eigenvalue weighted by Crippen LogP contribution is 2.37. The number of rotatable bonds is 9. The maximum atomic E-state index is 12.9. The highest BCUT2D eigenvalue weighted by Gasteiger charge is 2.50. The highest BCUT2D eigenvalue weighted by molar-refractivity contribution is 8.16. The van der Waals surface area contributed by atoms with E-state index in [1.807, 2.05) is 19.1 Å². The second-order valence-electron chi connectivity index (χ2n) is 7.36. The number of sulfonamides is 1. The van der Waals surface area contributed by atoms with Crippen LogP contribution in [0.4, 0.5) is 0 Å². The first-order valence-corrected chi connectivity index (χ1v) is 15.8. The fourth-order valence-corrected chi connectivity index (χ4v) is 7.07. The summed E-state index contributed by atoms with van der Waals surface area (Å²) >= 11 is 3.61. The molecule has 0 bridgehead atoms. The first kappa shape index (κ1) is 21.3. The van der Waals surface area contributed by atoms with Gasteiger partial charge >= 0.3 is 0 Å². The Kier molecular flexibility index (Phi) is 7.12. The van der Waals surface area contributed by atoms with Crippen LogP contribution >= 0.6 is 23.5 Å². The zero-order valence-corrected chi connectivity index (χ0v) is 19.3. The van der Waals surface area contributed by atoms with Gasteiger partial charge in [0.2, 0.25) is 10.0 Å². The van der Waals surface area contributed by atoms with E-state index >= 15 is 0 Å². The van der Waals surface area contributed by atoms with Gasteiger partial charge in [-0.05, 0) is 57.6 Å². The monoisotopic (exact) mass is 419 g/mol. The zero-order valence-electron chi connectivity index (χ0n) is 15.9. The van der Waals surface area contributed by atoms with Gasteiger partial charge in [0, 0.05) is 6.54 Å². The van der Waals surface area contributed by atoms with Gasteiger partial charge in [-0.25, -0.2) is 8.42 Å². The quantitative estimate of drug-likeness (QED) is 0.343. The number of hydrogen-bond donors (Lipinski definition) is 0. The number of aryl methyl sites for hydroxylation is 1. The summed E-state index contributed by atoms with van der Waals surface area (Å²) < 4.78 is 34.2. The molecule has 1 fully saturated rings. The van der Waals surface area contributed by atoms with Crippen LogP contribution < -0.4 is 0 Å². The van der Waals surface area contributed by atoms with Crippen LogP contribution in [-0.4, -0.2) is 56.8 Å². The molecule has 142 valence electrons. The van der Waals surface area contributed by atoms with Crippen molar-refractivity contribution in [2.75, 3.05) is 19.1 Å². The van der Waals surface area contributed by atoms with Gasteiger partial charge in [-0.3, -0.25) is 0 Å². The molecule has 1 aromatic rings. The first-order chi connectivity index (χ1) is 11.6. The highest BCUT2D eigenvalue weighted by atomic mass is 32.2. The van der Waals surface area contributed by atoms with E-state index in [2.05, 4.69) is 32.2 Å². The molecule has 0 N–H and O–H groups in total. The summed E-state index contributed by atoms with van der Waals surface area (Å²) in [5.41, 5.74) is 1.06. The summed E-state index contributed by atoms with van der Waals surface area (Å²) in [4.78, 5) is 0.374. The molecular weight excluding hydrogens is 390 g/mol. The third-order valence-corrected chi connectivity index (χ3v) is 9.62. The molecule has 0 spiro atoms. The first-order valence-electron chi connectivity index (χ1n) is 8.40. The van der Waals surface area contributed by atoms with Crippen LogP contribution in [0.3, 0.4) is 0 Å². The molecule has 0 saturated carbocycles. The molecule has 0 radical (unpaired) electrons. The Hall–Kier alpha value is 0.00688. The normalized spacial score (nSPS) is 22.2. The van der Waals surface area contributed by atoms with E-state index in [1.54, 1.807) is 40.0 Å². The summed E-state index contributed by atoms with van der Waals surface area (Å²) in [6, 6.07) is 7.04. The molecule has 1 unspecified atom stereocenters. The Morgan fingerprint density at radius 1 is 1.20 bits per heavy atom. The third-order valence-electron chi connectivity index (χ3n) is 4.12. The van der Waals surface area contributed by atoms with Crippen molar-refractivity contribution in [3.05, 3.63) is 29.8 Å². The molecule has 8 heteroatoms. The van der Waals surface area contributed by atoms with Crippen molar-refractivity contribution in [2.24, 2.45) is 0 Å². The smallest absolute Gasteiger partial charge is 0.243 e. The van der Waals surface area contributed by atoms with Gasteiger partial charge in [0.25, 0.3) is 0 Å². The predicted molar refractivity (Wildman–Crippen MR) is 113 cm³/mol. The molecule has 25 heavy (non-hydrogen) atoms. The van der Waals surface area contributed by atoms with Crippen molar-refractivity contribution in [1.29, 1.82) is 0 Å². The molecule has 4 nitrogen and oxygen atoms in total. The van der Waals surface area contributed by atoms with Crippen LogP contribution in [0, 0.1) is 6.92 Å². The van der Waals surface area contributed by atoms with E-state index in [9.17, 15) is 8.42 Å². The van der Waals surface area contributed by atoms with Gasteiger partial charge in [0.1, 0.15) is 0 Å². The summed E-state index contributed by atoms with van der Waals surface area (Å²) in [7, 11) is -5.18. The lowest BCUT2D eigenvalue weighted by Gasteiger charge is -2.28. The fraction of sp³-hybridized carbons (Fsp3) is 0.647. The Morgan fingerprint density at radius 2 is 1.76 bits per heavy atom. The van der Waals surface area contributed by atoms with Gasteiger partial charge in [-0.1, -0.05) is 17.7 Å². The van der Waals surface area contributed by atoms with Crippen molar-refractivity contribution >= 4 is 41.9 Å². The van der Waals surface area contributed by atoms with E-state index in [0.29, 0.717) is 16.0 Å². The Labute approximate surface area is 162 Å². The topological polar surface area (TPSA) is 46.4 Å². The largest absolute Gasteiger partial charge is 0.413 e. The van der Waals surface area contributed by atoms with Crippen LogP contribution in [0.15, 0.2) is 29.2 Å². The number of thioether (sulfide) groups is 2. The van der Waals surface area contributed by atoms with Gasteiger partial charge in [0.05, 0.1) is 21.6 Å². The maximum Gasteiger partial charge on any atom is 0.243 e. The van der Waals surface area contributed by atoms with E-state index < -0.39 is 18.3 Å². The second-order valence-corrected chi connectivity index (χ2v) is 16.1. The Balaban J connectivity index is 2.16. The lowest BCUT2D eigenvalue weighted by atomic mass is 10.2. The van der Waals surface area contributed by atoms with Crippen molar-refractivity contribution in [3.63, 3.8) is 0 Å². The molecule has 1 aliphatic rings. The van der Waals surface area contributed by atoms with Crippen molar-refractivity contribution < 1.29 is 12.8 Å². The van der Waals surface area contributed by atoms with Gasteiger partial charge < -0.3 is 4.43 Å². The van der Waals surface area contributed by atoms with E-state index in [4.69, 9.17) is 4.43 Å². The van der Waals surface area contributed by atoms with Crippen LogP contribution in [0.2, 0.25) is 19.6 Å². The molecule has 3 atom stereocenters. The number of nitrogens with zero attached hydrogens (tertiary/aromatic N) is 1. The maximum absolute atomic E-state index is 12.9. The zero-order chi connectivity index (χ0) is 18.8. The van der Waals surface area contributed by atoms with Crippen LogP contribution in [-0.2, 0) is 14.4 Å². The van der Waals surface area contributed by atoms with E-state index in [-0.39, 0.29) is 12.1 Å². The van der Waals surface area contributed by atoms with E-state index in [1.165, 1.54) is 0 Å². The van der Waals surface area contributed by atoms with Crippen molar-refractivity contribution in [1.82, 2.24) is 4.31 Å². The molecule has 1 aromatic carbocycles. The summed E-state index contributed by atoms with van der Waals surface area (Å²) in [6.45, 7) is 9.00. The SMILES string of the molecule is CSC(C[C@@H](O[Si](C)(C)C)[C@H]1CN1S(=O)(=O)c1ccc(C)cc1)SC. The summed E-state index contributed by atoms with van der Waals surface area (Å²) in [5, 5.41) is 0. The fourth-order valence-electron chi connectivity index (χ4n) is 2.78. The standard InChI is InChI=1S/C17H29NO3S3Si/c1-13-7-9-14(10-8-13)24(19,20)18-12-15(18)16(21-25(4,5)6)11-17(22-2)23-3/h7-10,15-17H,11-12H2,1-6H3/t15-,16-,18?/m1/s1. The minimum Gasteiger partial charge on any atom is -0.413 e. The van der Waals surface area contributed by atoms with Gasteiger partial charge in [-0.15, -0.1) is 0 Å². The molecule has 0 aliphatic carbocycles. The molecule has 1 aliphatic heterocycles. The molecule has 1 heterocycles. The van der Waals surface area contributed by atoms with Crippen LogP contribution in [0.1, 0.15) is 12.0 Å². The van der Waals surface area contributed by atoms with Crippen LogP contribution in [0.5, 0.6) is 0 Å². The van der Waals surface area contributed by atoms with Gasteiger partial charge in [0.15, 0.2) is 8.32 Å². The number of hydrogen-bond acceptors (Lipinski definition) is 5. The third kappa shape index (κ3) is 5.74. The predicted octanol–water partition coefficient (Wildman–Crippen LogP) is 4.03. The lowest BCUT2D eigenvalue weighted by Crippen LogP contribution is -2.38. The summed E-state index contributed by atoms with van der Waals surface area (Å²) in [6.07, 6.45) is 5.04. The Morgan fingerprint density at radius 3 is 2.24 bits per heavy atom. The lowest BCUT2D eigenvalue weighted by molar-refractivity contribution is 0.179. The minimum atomic E-state index is -3.43. The molecule has 2 rings (SSSR count). The molecule has 0 aromatic heterocycles. The average molecular weight is 420 g/mol. The van der Waals surface area contributed by atoms with Gasteiger partial charge in [-0.2, -0.15) is 27.8 Å². The Bertz CT molecular complexity index is 669. The average Bonchev–Trinajstić information content (AvgIpc) is 3.32. The molecule has 0 amide bonds. The number of benzene rings is 1.